The standard InChI is InChI=1S/C14H17N3/c1-10-7-12-5-3-4-6-14(12)17(10)9-13-8-15-11(2)16-13/h3-6,8,10H,7,9H2,1-2H3,(H,15,16)/t10-/m1/s1. The number of aromatic nitrogens is 2. The van der Waals surface area contributed by atoms with E-state index in [1.165, 1.54) is 16.9 Å². The fourth-order valence-corrected chi connectivity index (χ4v) is 2.61. The molecule has 0 radical (unpaired) electrons. The number of hydrogen-bond donors (Lipinski definition) is 1. The van der Waals surface area contributed by atoms with Gasteiger partial charge in [-0.2, -0.15) is 0 Å². The predicted molar refractivity (Wildman–Crippen MR) is 69.1 cm³/mol. The van der Waals surface area contributed by atoms with Crippen molar-refractivity contribution < 1.29 is 0 Å². The number of benzene rings is 1. The topological polar surface area (TPSA) is 31.9 Å². The highest BCUT2D eigenvalue weighted by Crippen LogP contribution is 2.32. The molecule has 1 aromatic carbocycles. The summed E-state index contributed by atoms with van der Waals surface area (Å²) in [6, 6.07) is 9.24. The van der Waals surface area contributed by atoms with Crippen LogP contribution in [0, 0.1) is 6.92 Å². The van der Waals surface area contributed by atoms with Gasteiger partial charge in [0.25, 0.3) is 0 Å². The number of aromatic amines is 1. The third-order valence-electron chi connectivity index (χ3n) is 3.44. The van der Waals surface area contributed by atoms with Crippen molar-refractivity contribution in [2.45, 2.75) is 32.9 Å². The van der Waals surface area contributed by atoms with Crippen molar-refractivity contribution in [1.29, 1.82) is 0 Å². The Hall–Kier alpha value is -1.77. The Morgan fingerprint density at radius 2 is 2.24 bits per heavy atom. The molecule has 1 N–H and O–H groups in total. The summed E-state index contributed by atoms with van der Waals surface area (Å²) < 4.78 is 0. The molecule has 2 aromatic rings. The third kappa shape index (κ3) is 1.82. The average Bonchev–Trinajstić information content (AvgIpc) is 2.85. The number of nitrogens with zero attached hydrogens (tertiary/aromatic N) is 2. The van der Waals surface area contributed by atoms with E-state index in [4.69, 9.17) is 0 Å². The van der Waals surface area contributed by atoms with Crippen LogP contribution in [0.2, 0.25) is 0 Å². The molecule has 0 saturated heterocycles. The molecule has 3 nitrogen and oxygen atoms in total. The van der Waals surface area contributed by atoms with E-state index in [1.54, 1.807) is 0 Å². The maximum Gasteiger partial charge on any atom is 0.103 e. The monoisotopic (exact) mass is 227 g/mol. The van der Waals surface area contributed by atoms with E-state index >= 15 is 0 Å². The summed E-state index contributed by atoms with van der Waals surface area (Å²) in [6.07, 6.45) is 3.08. The SMILES string of the molecule is Cc1ncc(CN2c3ccccc3C[C@H]2C)[nH]1. The third-order valence-corrected chi connectivity index (χ3v) is 3.44. The summed E-state index contributed by atoms with van der Waals surface area (Å²) >= 11 is 0. The number of aryl methyl sites for hydroxylation is 1. The molecule has 0 fully saturated rings. The Balaban J connectivity index is 1.88. The van der Waals surface area contributed by atoms with Gasteiger partial charge >= 0.3 is 0 Å². The molecule has 1 atom stereocenters. The second kappa shape index (κ2) is 3.91. The van der Waals surface area contributed by atoms with Crippen molar-refractivity contribution in [3.8, 4) is 0 Å². The van der Waals surface area contributed by atoms with Gasteiger partial charge in [-0.3, -0.25) is 0 Å². The van der Waals surface area contributed by atoms with Gasteiger partial charge in [0, 0.05) is 11.7 Å². The van der Waals surface area contributed by atoms with Crippen molar-refractivity contribution in [3.05, 3.63) is 47.5 Å². The number of hydrogen-bond acceptors (Lipinski definition) is 2. The van der Waals surface area contributed by atoms with E-state index < -0.39 is 0 Å². The molecular formula is C14H17N3. The Kier molecular flexibility index (Phi) is 2.39. The highest BCUT2D eigenvalue weighted by Gasteiger charge is 2.25. The molecule has 17 heavy (non-hydrogen) atoms. The van der Waals surface area contributed by atoms with Crippen molar-refractivity contribution in [2.24, 2.45) is 0 Å². The zero-order chi connectivity index (χ0) is 11.8. The maximum atomic E-state index is 4.26. The summed E-state index contributed by atoms with van der Waals surface area (Å²) in [6.45, 7) is 5.19. The normalized spacial score (nSPS) is 18.5. The minimum Gasteiger partial charge on any atom is -0.362 e. The number of H-pyrrole nitrogens is 1. The van der Waals surface area contributed by atoms with Crippen LogP contribution < -0.4 is 4.90 Å². The highest BCUT2D eigenvalue weighted by atomic mass is 15.2. The molecule has 0 unspecified atom stereocenters. The second-order valence-corrected chi connectivity index (χ2v) is 4.80. The smallest absolute Gasteiger partial charge is 0.103 e. The van der Waals surface area contributed by atoms with Crippen LogP contribution in [0.15, 0.2) is 30.5 Å². The fraction of sp³-hybridized carbons (Fsp3) is 0.357. The number of rotatable bonds is 2. The minimum atomic E-state index is 0.566. The van der Waals surface area contributed by atoms with Gasteiger partial charge < -0.3 is 9.88 Å². The van der Waals surface area contributed by atoms with Crippen LogP contribution in [0.3, 0.4) is 0 Å². The van der Waals surface area contributed by atoms with Gasteiger partial charge in [0.2, 0.25) is 0 Å². The first-order valence-electron chi connectivity index (χ1n) is 6.09. The molecule has 0 aliphatic carbocycles. The molecule has 1 aromatic heterocycles. The quantitative estimate of drug-likeness (QED) is 0.855. The van der Waals surface area contributed by atoms with E-state index in [0.717, 1.165) is 18.8 Å². The van der Waals surface area contributed by atoms with Gasteiger partial charge in [-0.15, -0.1) is 0 Å². The second-order valence-electron chi connectivity index (χ2n) is 4.80. The molecule has 88 valence electrons. The zero-order valence-electron chi connectivity index (χ0n) is 10.3. The number of para-hydroxylation sites is 1. The van der Waals surface area contributed by atoms with Crippen molar-refractivity contribution in [3.63, 3.8) is 0 Å². The molecule has 3 rings (SSSR count). The van der Waals surface area contributed by atoms with Gasteiger partial charge in [-0.1, -0.05) is 18.2 Å². The Bertz CT molecular complexity index is 530. The van der Waals surface area contributed by atoms with E-state index in [-0.39, 0.29) is 0 Å². The number of imidazole rings is 1. The van der Waals surface area contributed by atoms with Gasteiger partial charge in [0.05, 0.1) is 18.4 Å². The summed E-state index contributed by atoms with van der Waals surface area (Å²) in [5.41, 5.74) is 4.01. The van der Waals surface area contributed by atoms with Gasteiger partial charge in [0.1, 0.15) is 5.82 Å². The van der Waals surface area contributed by atoms with Crippen LogP contribution in [0.1, 0.15) is 24.0 Å². The summed E-state index contributed by atoms with van der Waals surface area (Å²) in [5, 5.41) is 0. The molecule has 0 amide bonds. The number of fused-ring (bicyclic) bond motifs is 1. The predicted octanol–water partition coefficient (Wildman–Crippen LogP) is 2.67. The lowest BCUT2D eigenvalue weighted by Crippen LogP contribution is -2.28. The van der Waals surface area contributed by atoms with Crippen LogP contribution in [0.5, 0.6) is 0 Å². The first kappa shape index (κ1) is 10.4. The maximum absolute atomic E-state index is 4.26. The van der Waals surface area contributed by atoms with Gasteiger partial charge in [-0.05, 0) is 31.9 Å². The molecule has 0 spiro atoms. The lowest BCUT2D eigenvalue weighted by atomic mass is 10.1. The van der Waals surface area contributed by atoms with Crippen LogP contribution in [-0.4, -0.2) is 16.0 Å². The van der Waals surface area contributed by atoms with Gasteiger partial charge in [-0.25, -0.2) is 4.98 Å². The van der Waals surface area contributed by atoms with Crippen molar-refractivity contribution in [2.75, 3.05) is 4.90 Å². The number of nitrogens with one attached hydrogen (secondary N) is 1. The van der Waals surface area contributed by atoms with Crippen molar-refractivity contribution in [1.82, 2.24) is 9.97 Å². The summed E-state index contributed by atoms with van der Waals surface area (Å²) in [7, 11) is 0. The zero-order valence-corrected chi connectivity index (χ0v) is 10.3. The first-order chi connectivity index (χ1) is 8.24. The highest BCUT2D eigenvalue weighted by molar-refractivity contribution is 5.59. The first-order valence-corrected chi connectivity index (χ1v) is 6.09. The van der Waals surface area contributed by atoms with E-state index in [1.807, 2.05) is 13.1 Å². The Morgan fingerprint density at radius 3 is 3.00 bits per heavy atom. The molecular weight excluding hydrogens is 210 g/mol. The molecule has 3 heteroatoms. The lowest BCUT2D eigenvalue weighted by Gasteiger charge is -2.24. The molecule has 1 aliphatic rings. The molecule has 1 aliphatic heterocycles. The van der Waals surface area contributed by atoms with Crippen LogP contribution in [0.25, 0.3) is 0 Å². The van der Waals surface area contributed by atoms with E-state index in [2.05, 4.69) is 46.1 Å². The fourth-order valence-electron chi connectivity index (χ4n) is 2.61. The Morgan fingerprint density at radius 1 is 1.41 bits per heavy atom. The van der Waals surface area contributed by atoms with Crippen LogP contribution in [-0.2, 0) is 13.0 Å². The van der Waals surface area contributed by atoms with Crippen LogP contribution >= 0.6 is 0 Å². The van der Waals surface area contributed by atoms with E-state index in [0.29, 0.717) is 6.04 Å². The molecule has 2 heterocycles. The molecule has 0 saturated carbocycles. The van der Waals surface area contributed by atoms with E-state index in [9.17, 15) is 0 Å². The minimum absolute atomic E-state index is 0.566. The largest absolute Gasteiger partial charge is 0.362 e. The van der Waals surface area contributed by atoms with Crippen molar-refractivity contribution >= 4 is 5.69 Å². The van der Waals surface area contributed by atoms with Gasteiger partial charge in [0.15, 0.2) is 0 Å². The lowest BCUT2D eigenvalue weighted by molar-refractivity contribution is 0.666. The average molecular weight is 227 g/mol. The summed E-state index contributed by atoms with van der Waals surface area (Å²) in [4.78, 5) is 10.0. The Labute approximate surface area is 101 Å². The number of anilines is 1. The molecule has 0 bridgehead atoms. The van der Waals surface area contributed by atoms with Crippen LogP contribution in [0.4, 0.5) is 5.69 Å². The summed E-state index contributed by atoms with van der Waals surface area (Å²) in [5.74, 6) is 0.986.